The average Bonchev–Trinajstić information content (AvgIpc) is 3.89. The lowest BCUT2D eigenvalue weighted by Crippen LogP contribution is -2.54. The quantitative estimate of drug-likeness (QED) is 0.191. The minimum Gasteiger partial charge on any atom is -0.457 e. The Bertz CT molecular complexity index is 2930. The van der Waals surface area contributed by atoms with Crippen LogP contribution in [-0.2, 0) is 14.4 Å². The summed E-state index contributed by atoms with van der Waals surface area (Å²) in [6.07, 6.45) is 8.51. The minimum absolute atomic E-state index is 0.0709. The van der Waals surface area contributed by atoms with Crippen molar-refractivity contribution in [2.24, 2.45) is 5.92 Å². The number of nitrogens with zero attached hydrogens (tertiary/aromatic N) is 11. The van der Waals surface area contributed by atoms with Crippen molar-refractivity contribution < 1.29 is 28.7 Å². The van der Waals surface area contributed by atoms with E-state index in [2.05, 4.69) is 30.0 Å². The molecule has 0 spiro atoms. The maximum Gasteiger partial charge on any atom is 0.262 e. The van der Waals surface area contributed by atoms with Crippen molar-refractivity contribution in [1.82, 2.24) is 44.8 Å². The number of piperazine rings is 1. The highest BCUT2D eigenvalue weighted by atomic mass is 16.5. The summed E-state index contributed by atoms with van der Waals surface area (Å²) >= 11 is 0. The van der Waals surface area contributed by atoms with Crippen LogP contribution in [0.1, 0.15) is 65.3 Å². The van der Waals surface area contributed by atoms with Crippen molar-refractivity contribution in [2.45, 2.75) is 50.6 Å². The number of nitrogens with two attached hydrogens (primary N) is 1. The second-order valence-electron chi connectivity index (χ2n) is 17.9. The number of imide groups is 2. The van der Waals surface area contributed by atoms with Crippen molar-refractivity contribution in [3.8, 4) is 22.8 Å². The number of aromatic nitrogens is 6. The fraction of sp³-hybridized carbons (Fsp3) is 0.347. The number of amides is 5. The molecule has 6 aromatic rings. The summed E-state index contributed by atoms with van der Waals surface area (Å²) in [4.78, 5) is 92.8. The fourth-order valence-corrected chi connectivity index (χ4v) is 10.2. The lowest BCUT2D eigenvalue weighted by atomic mass is 9.93. The predicted molar refractivity (Wildman–Crippen MR) is 251 cm³/mol. The number of hydrogen-bond acceptors (Lipinski definition) is 15. The van der Waals surface area contributed by atoms with Gasteiger partial charge in [0.15, 0.2) is 5.65 Å². The number of likely N-dealkylation sites (tertiary alicyclic amines) is 1. The minimum atomic E-state index is -1.00. The van der Waals surface area contributed by atoms with Crippen molar-refractivity contribution in [3.63, 3.8) is 0 Å². The second-order valence-corrected chi connectivity index (χ2v) is 17.9. The van der Waals surface area contributed by atoms with E-state index in [0.29, 0.717) is 86.6 Å². The second kappa shape index (κ2) is 17.7. The Morgan fingerprint density at radius 1 is 0.706 bits per heavy atom. The van der Waals surface area contributed by atoms with Crippen LogP contribution in [-0.4, -0.2) is 127 Å². The summed E-state index contributed by atoms with van der Waals surface area (Å²) in [6, 6.07) is 21.5. The molecule has 0 bridgehead atoms. The van der Waals surface area contributed by atoms with Gasteiger partial charge in [0.25, 0.3) is 11.8 Å². The van der Waals surface area contributed by atoms with Crippen molar-refractivity contribution in [2.75, 3.05) is 72.8 Å². The molecule has 3 aromatic carbocycles. The summed E-state index contributed by atoms with van der Waals surface area (Å²) in [6.45, 7) is 5.25. The number of nitrogen functional groups attached to an aromatic ring is 1. The number of carbonyl (C=O) groups is 5. The van der Waals surface area contributed by atoms with Crippen LogP contribution in [0.4, 0.5) is 23.1 Å². The normalized spacial score (nSPS) is 20.3. The van der Waals surface area contributed by atoms with Crippen LogP contribution in [0, 0.1) is 5.92 Å². The van der Waals surface area contributed by atoms with E-state index in [0.717, 1.165) is 53.3 Å². The van der Waals surface area contributed by atoms with Gasteiger partial charge in [-0.1, -0.05) is 18.2 Å². The van der Waals surface area contributed by atoms with Crippen LogP contribution in [0.5, 0.6) is 11.5 Å². The molecule has 5 aliphatic rings. The Balaban J connectivity index is 0.684. The Labute approximate surface area is 390 Å². The fourth-order valence-electron chi connectivity index (χ4n) is 10.2. The van der Waals surface area contributed by atoms with Gasteiger partial charge < -0.3 is 30.1 Å². The van der Waals surface area contributed by atoms with E-state index >= 15 is 0 Å². The van der Waals surface area contributed by atoms with Gasteiger partial charge in [-0.05, 0) is 86.7 Å². The van der Waals surface area contributed by atoms with E-state index in [9.17, 15) is 24.0 Å². The molecular weight excluding hydrogens is 867 g/mol. The smallest absolute Gasteiger partial charge is 0.262 e. The number of fused-ring (bicyclic) bond motifs is 2. The molecule has 5 amide bonds. The van der Waals surface area contributed by atoms with E-state index in [1.165, 1.54) is 6.33 Å². The van der Waals surface area contributed by atoms with Gasteiger partial charge >= 0.3 is 0 Å². The Kier molecular flexibility index (Phi) is 11.1. The SMILES string of the molecule is Nc1ncnc2c1c(-c1ccc(Oc3ccccc3)cc1)nn2[C@@H]1CCCN(C(=O)C2CCN(c3cnc(N4CCN(c5ccc6c(c5)C(=O)N(C5CCC(=O)NC5=O)C6=O)CC4)nc3)CC2)C1. The molecule has 0 aliphatic carbocycles. The molecule has 346 valence electrons. The number of nitrogens with one attached hydrogen (secondary N) is 1. The first-order valence-corrected chi connectivity index (χ1v) is 23.2. The third-order valence-corrected chi connectivity index (χ3v) is 13.9. The van der Waals surface area contributed by atoms with Gasteiger partial charge in [0.2, 0.25) is 23.7 Å². The molecule has 19 nitrogen and oxygen atoms in total. The molecule has 8 heterocycles. The van der Waals surface area contributed by atoms with E-state index in [4.69, 9.17) is 25.5 Å². The third kappa shape index (κ3) is 7.96. The first kappa shape index (κ1) is 42.7. The van der Waals surface area contributed by atoms with Crippen molar-refractivity contribution in [1.29, 1.82) is 0 Å². The molecule has 3 N–H and O–H groups in total. The maximum atomic E-state index is 14.1. The highest BCUT2D eigenvalue weighted by molar-refractivity contribution is 6.23. The first-order valence-electron chi connectivity index (χ1n) is 23.2. The third-order valence-electron chi connectivity index (χ3n) is 13.9. The average molecular weight is 916 g/mol. The van der Waals surface area contributed by atoms with E-state index in [-0.39, 0.29) is 41.8 Å². The standard InChI is InChI=1S/C49H49N13O6/c50-43-41-42(30-8-11-36(12-9-30)68-35-6-2-1-3-7-35)56-62(44(41)54-29-53-43)33-5-4-18-60(28-33)46(65)31-16-19-57(20-17-31)34-26-51-49(52-27-34)59-23-21-58(22-24-59)32-10-13-37-38(25-32)48(67)61(47(37)66)39-14-15-40(63)55-45(39)64/h1-3,6-13,25-27,29,31,33,39H,4-5,14-24,28H2,(H2,50,53,54)(H,55,63,64)/t33-,39?/m1/s1. The van der Waals surface area contributed by atoms with Crippen LogP contribution >= 0.6 is 0 Å². The van der Waals surface area contributed by atoms with Crippen LogP contribution in [0.2, 0.25) is 0 Å². The number of para-hydroxylation sites is 1. The summed E-state index contributed by atoms with van der Waals surface area (Å²) < 4.78 is 7.95. The van der Waals surface area contributed by atoms with Crippen LogP contribution in [0.15, 0.2) is 91.5 Å². The number of benzene rings is 3. The molecule has 5 aliphatic heterocycles. The van der Waals surface area contributed by atoms with Gasteiger partial charge in [-0.3, -0.25) is 34.2 Å². The van der Waals surface area contributed by atoms with E-state index < -0.39 is 29.7 Å². The highest BCUT2D eigenvalue weighted by Crippen LogP contribution is 2.36. The van der Waals surface area contributed by atoms with Gasteiger partial charge in [0, 0.05) is 75.9 Å². The maximum absolute atomic E-state index is 14.1. The Hall–Kier alpha value is -7.96. The molecule has 0 radical (unpaired) electrons. The van der Waals surface area contributed by atoms with Crippen molar-refractivity contribution >= 4 is 63.7 Å². The summed E-state index contributed by atoms with van der Waals surface area (Å²) in [5, 5.41) is 8.01. The lowest BCUT2D eigenvalue weighted by Gasteiger charge is -2.38. The zero-order valence-electron chi connectivity index (χ0n) is 37.2. The van der Waals surface area contributed by atoms with Crippen molar-refractivity contribution in [3.05, 3.63) is 103 Å². The number of carbonyl (C=O) groups excluding carboxylic acids is 5. The molecular formula is C49H49N13O6. The molecule has 68 heavy (non-hydrogen) atoms. The highest BCUT2D eigenvalue weighted by Gasteiger charge is 2.45. The van der Waals surface area contributed by atoms with Gasteiger partial charge in [-0.15, -0.1) is 0 Å². The van der Waals surface area contributed by atoms with E-state index in [1.807, 2.05) is 82.6 Å². The Morgan fingerprint density at radius 3 is 2.16 bits per heavy atom. The zero-order valence-corrected chi connectivity index (χ0v) is 37.2. The van der Waals surface area contributed by atoms with Gasteiger partial charge in [-0.25, -0.2) is 24.6 Å². The molecule has 3 aromatic heterocycles. The van der Waals surface area contributed by atoms with Gasteiger partial charge in [0.05, 0.1) is 40.6 Å². The number of ether oxygens (including phenoxy) is 1. The monoisotopic (exact) mass is 915 g/mol. The number of anilines is 4. The molecule has 1 unspecified atom stereocenters. The molecule has 4 saturated heterocycles. The topological polar surface area (TPSA) is 218 Å². The first-order chi connectivity index (χ1) is 33.2. The Morgan fingerprint density at radius 2 is 1.41 bits per heavy atom. The number of piperidine rings is 3. The van der Waals surface area contributed by atoms with E-state index in [1.54, 1.807) is 12.1 Å². The summed E-state index contributed by atoms with van der Waals surface area (Å²) in [5.74, 6) is 0.448. The van der Waals surface area contributed by atoms with Gasteiger partial charge in [-0.2, -0.15) is 5.10 Å². The lowest BCUT2D eigenvalue weighted by molar-refractivity contribution is -0.138. The molecule has 4 fully saturated rings. The van der Waals surface area contributed by atoms with Crippen LogP contribution in [0.3, 0.4) is 0 Å². The summed E-state index contributed by atoms with van der Waals surface area (Å²) in [7, 11) is 0. The largest absolute Gasteiger partial charge is 0.457 e. The summed E-state index contributed by atoms with van der Waals surface area (Å²) in [5.41, 5.74) is 10.9. The predicted octanol–water partition coefficient (Wildman–Crippen LogP) is 4.47. The molecule has 11 rings (SSSR count). The molecule has 2 atom stereocenters. The van der Waals surface area contributed by atoms with Crippen LogP contribution in [0.25, 0.3) is 22.3 Å². The van der Waals surface area contributed by atoms with Gasteiger partial charge in [0.1, 0.15) is 35.4 Å². The number of rotatable bonds is 9. The van der Waals surface area contributed by atoms with Crippen LogP contribution < -0.4 is 30.5 Å². The molecule has 19 heteroatoms. The molecule has 0 saturated carbocycles. The number of hydrogen-bond donors (Lipinski definition) is 2. The zero-order chi connectivity index (χ0) is 46.5.